The van der Waals surface area contributed by atoms with Crippen molar-refractivity contribution in [2.75, 3.05) is 26.8 Å². The summed E-state index contributed by atoms with van der Waals surface area (Å²) in [7, 11) is 1.31. The summed E-state index contributed by atoms with van der Waals surface area (Å²) in [6.07, 6.45) is 0.801. The maximum absolute atomic E-state index is 11.4. The number of carbonyl (C=O) groups excluding carboxylic acids is 2. The molecule has 0 aliphatic carbocycles. The fraction of sp³-hybridized carbons (Fsp3) is 0.429. The summed E-state index contributed by atoms with van der Waals surface area (Å²) < 4.78 is 9.94. The van der Waals surface area contributed by atoms with Gasteiger partial charge in [-0.1, -0.05) is 23.7 Å². The Morgan fingerprint density at radius 1 is 1.19 bits per heavy atom. The first-order valence-electron chi connectivity index (χ1n) is 6.59. The Bertz CT molecular complexity index is 468. The minimum absolute atomic E-state index is 0.152. The number of rotatable bonds is 8. The monoisotopic (exact) mass is 314 g/mol. The summed E-state index contributed by atoms with van der Waals surface area (Å²) >= 11 is 5.94. The lowest BCUT2D eigenvalue weighted by Crippen LogP contribution is -2.37. The molecule has 0 fully saturated rings. The van der Waals surface area contributed by atoms with E-state index in [-0.39, 0.29) is 25.0 Å². The van der Waals surface area contributed by atoms with Crippen LogP contribution in [0.2, 0.25) is 5.02 Å². The molecule has 1 rings (SSSR count). The number of urea groups is 1. The fourth-order valence-electron chi connectivity index (χ4n) is 1.46. The van der Waals surface area contributed by atoms with Gasteiger partial charge in [0.1, 0.15) is 5.75 Å². The molecule has 2 amide bonds. The number of carbonyl (C=O) groups is 2. The van der Waals surface area contributed by atoms with Crippen molar-refractivity contribution in [3.63, 3.8) is 0 Å². The largest absolute Gasteiger partial charge is 0.492 e. The summed E-state index contributed by atoms with van der Waals surface area (Å²) in [5.41, 5.74) is 0. The van der Waals surface area contributed by atoms with Gasteiger partial charge in [-0.05, 0) is 18.6 Å². The molecule has 7 heteroatoms. The molecule has 0 radical (unpaired) electrons. The van der Waals surface area contributed by atoms with Crippen LogP contribution < -0.4 is 15.4 Å². The first-order chi connectivity index (χ1) is 10.1. The third-order valence-electron chi connectivity index (χ3n) is 2.54. The molecule has 21 heavy (non-hydrogen) atoms. The van der Waals surface area contributed by atoms with E-state index in [0.717, 1.165) is 0 Å². The van der Waals surface area contributed by atoms with Crippen molar-refractivity contribution >= 4 is 23.6 Å². The van der Waals surface area contributed by atoms with Crippen LogP contribution in [0.5, 0.6) is 5.75 Å². The molecule has 0 spiro atoms. The Morgan fingerprint density at radius 3 is 2.62 bits per heavy atom. The SMILES string of the molecule is COC(=O)CCNC(=O)NCCCOc1ccccc1Cl. The maximum Gasteiger partial charge on any atom is 0.314 e. The molecule has 0 aliphatic rings. The van der Waals surface area contributed by atoms with Crippen molar-refractivity contribution in [3.8, 4) is 5.75 Å². The Labute approximate surface area is 128 Å². The van der Waals surface area contributed by atoms with Gasteiger partial charge in [-0.2, -0.15) is 0 Å². The van der Waals surface area contributed by atoms with Crippen molar-refractivity contribution in [3.05, 3.63) is 29.3 Å². The molecule has 0 heterocycles. The van der Waals surface area contributed by atoms with E-state index in [2.05, 4.69) is 15.4 Å². The molecule has 0 aromatic heterocycles. The van der Waals surface area contributed by atoms with Gasteiger partial charge in [0, 0.05) is 13.1 Å². The first kappa shape index (κ1) is 17.1. The Morgan fingerprint density at radius 2 is 1.90 bits per heavy atom. The minimum atomic E-state index is -0.358. The molecule has 1 aromatic rings. The molecule has 116 valence electrons. The number of nitrogens with one attached hydrogen (secondary N) is 2. The van der Waals surface area contributed by atoms with Crippen molar-refractivity contribution in [2.24, 2.45) is 0 Å². The number of hydrogen-bond acceptors (Lipinski definition) is 4. The number of ether oxygens (including phenoxy) is 2. The van der Waals surface area contributed by atoms with E-state index < -0.39 is 0 Å². The third-order valence-corrected chi connectivity index (χ3v) is 2.86. The second-order valence-corrected chi connectivity index (χ2v) is 4.55. The summed E-state index contributed by atoms with van der Waals surface area (Å²) in [4.78, 5) is 22.2. The van der Waals surface area contributed by atoms with E-state index in [9.17, 15) is 9.59 Å². The third kappa shape index (κ3) is 7.41. The Hall–Kier alpha value is -1.95. The highest BCUT2D eigenvalue weighted by Crippen LogP contribution is 2.22. The molecule has 0 saturated heterocycles. The van der Waals surface area contributed by atoms with Gasteiger partial charge in [0.25, 0.3) is 0 Å². The van der Waals surface area contributed by atoms with Gasteiger partial charge in [-0.3, -0.25) is 4.79 Å². The lowest BCUT2D eigenvalue weighted by atomic mass is 10.3. The summed E-state index contributed by atoms with van der Waals surface area (Å²) in [5.74, 6) is 0.269. The van der Waals surface area contributed by atoms with E-state index in [0.29, 0.717) is 30.3 Å². The highest BCUT2D eigenvalue weighted by Gasteiger charge is 2.03. The second kappa shape index (κ2) is 9.88. The Kier molecular flexibility index (Phi) is 8.04. The highest BCUT2D eigenvalue weighted by molar-refractivity contribution is 6.32. The highest BCUT2D eigenvalue weighted by atomic mass is 35.5. The number of amides is 2. The van der Waals surface area contributed by atoms with Gasteiger partial charge in [0.15, 0.2) is 0 Å². The van der Waals surface area contributed by atoms with Crippen LogP contribution in [-0.2, 0) is 9.53 Å². The lowest BCUT2D eigenvalue weighted by molar-refractivity contribution is -0.140. The average Bonchev–Trinajstić information content (AvgIpc) is 2.48. The molecule has 0 unspecified atom stereocenters. The van der Waals surface area contributed by atoms with Crippen LogP contribution in [0.4, 0.5) is 4.79 Å². The van der Waals surface area contributed by atoms with Crippen LogP contribution in [0, 0.1) is 0 Å². The summed E-state index contributed by atoms with van der Waals surface area (Å²) in [6.45, 7) is 1.16. The van der Waals surface area contributed by atoms with E-state index >= 15 is 0 Å². The summed E-state index contributed by atoms with van der Waals surface area (Å²) in [5, 5.41) is 5.77. The zero-order chi connectivity index (χ0) is 15.5. The summed E-state index contributed by atoms with van der Waals surface area (Å²) in [6, 6.07) is 6.89. The number of esters is 1. The van der Waals surface area contributed by atoms with Gasteiger partial charge >= 0.3 is 12.0 Å². The van der Waals surface area contributed by atoms with Gasteiger partial charge < -0.3 is 20.1 Å². The fourth-order valence-corrected chi connectivity index (χ4v) is 1.65. The zero-order valence-electron chi connectivity index (χ0n) is 11.9. The molecule has 6 nitrogen and oxygen atoms in total. The molecule has 0 aliphatic heterocycles. The van der Waals surface area contributed by atoms with Crippen LogP contribution in [0.15, 0.2) is 24.3 Å². The van der Waals surface area contributed by atoms with Crippen LogP contribution in [0.25, 0.3) is 0 Å². The predicted octanol–water partition coefficient (Wildman–Crippen LogP) is 1.97. The maximum atomic E-state index is 11.4. The number of halogens is 1. The quantitative estimate of drug-likeness (QED) is 0.568. The molecule has 0 saturated carbocycles. The van der Waals surface area contributed by atoms with Gasteiger partial charge in [0.2, 0.25) is 0 Å². The normalized spacial score (nSPS) is 9.81. The number of hydrogen-bond donors (Lipinski definition) is 2. The molecule has 0 atom stereocenters. The van der Waals surface area contributed by atoms with Crippen LogP contribution >= 0.6 is 11.6 Å². The Balaban J connectivity index is 2.05. The smallest absolute Gasteiger partial charge is 0.314 e. The molecular weight excluding hydrogens is 296 g/mol. The molecule has 0 bridgehead atoms. The van der Waals surface area contributed by atoms with E-state index in [1.807, 2.05) is 12.1 Å². The predicted molar refractivity (Wildman–Crippen MR) is 79.6 cm³/mol. The number of benzene rings is 1. The number of methoxy groups -OCH3 is 1. The van der Waals surface area contributed by atoms with Crippen molar-refractivity contribution < 1.29 is 19.1 Å². The van der Waals surface area contributed by atoms with Crippen LogP contribution in [0.1, 0.15) is 12.8 Å². The second-order valence-electron chi connectivity index (χ2n) is 4.14. The van der Waals surface area contributed by atoms with Crippen molar-refractivity contribution in [1.82, 2.24) is 10.6 Å². The zero-order valence-corrected chi connectivity index (χ0v) is 12.6. The standard InChI is InChI=1S/C14H19ClN2O4/c1-20-13(18)7-9-17-14(19)16-8-4-10-21-12-6-3-2-5-11(12)15/h2-3,5-6H,4,7-10H2,1H3,(H2,16,17,19). The van der Waals surface area contributed by atoms with Crippen LogP contribution in [0.3, 0.4) is 0 Å². The van der Waals surface area contributed by atoms with E-state index in [4.69, 9.17) is 16.3 Å². The first-order valence-corrected chi connectivity index (χ1v) is 6.97. The van der Waals surface area contributed by atoms with Gasteiger partial charge in [0.05, 0.1) is 25.2 Å². The molecule has 2 N–H and O–H groups in total. The molecular formula is C14H19ClN2O4. The van der Waals surface area contributed by atoms with Gasteiger partial charge in [-0.25, -0.2) is 4.79 Å². The lowest BCUT2D eigenvalue weighted by Gasteiger charge is -2.09. The average molecular weight is 315 g/mol. The van der Waals surface area contributed by atoms with Crippen molar-refractivity contribution in [1.29, 1.82) is 0 Å². The van der Waals surface area contributed by atoms with Gasteiger partial charge in [-0.15, -0.1) is 0 Å². The minimum Gasteiger partial charge on any atom is -0.492 e. The van der Waals surface area contributed by atoms with E-state index in [1.54, 1.807) is 12.1 Å². The molecule has 1 aromatic carbocycles. The van der Waals surface area contributed by atoms with E-state index in [1.165, 1.54) is 7.11 Å². The van der Waals surface area contributed by atoms with Crippen molar-refractivity contribution in [2.45, 2.75) is 12.8 Å². The van der Waals surface area contributed by atoms with Crippen LogP contribution in [-0.4, -0.2) is 38.8 Å². The topological polar surface area (TPSA) is 76.7 Å². The number of para-hydroxylation sites is 1.